The van der Waals surface area contributed by atoms with Gasteiger partial charge in [0.2, 0.25) is 0 Å². The van der Waals surface area contributed by atoms with Gasteiger partial charge in [-0.1, -0.05) is 46.8 Å². The Morgan fingerprint density at radius 1 is 1.29 bits per heavy atom. The Morgan fingerprint density at radius 2 is 1.71 bits per heavy atom. The van der Waals surface area contributed by atoms with Gasteiger partial charge < -0.3 is 5.11 Å². The second kappa shape index (κ2) is 3.37. The summed E-state index contributed by atoms with van der Waals surface area (Å²) in [5, 5.41) is 10.1. The molecule has 0 radical (unpaired) electrons. The monoisotopic (exact) mass is 196 g/mol. The van der Waals surface area contributed by atoms with Gasteiger partial charge in [-0.05, 0) is 29.6 Å². The predicted octanol–water partition coefficient (Wildman–Crippen LogP) is 3.39. The van der Waals surface area contributed by atoms with Crippen LogP contribution in [0.25, 0.3) is 0 Å². The smallest absolute Gasteiger partial charge is 0.0615 e. The third-order valence-corrected chi connectivity index (χ3v) is 4.51. The fourth-order valence-corrected chi connectivity index (χ4v) is 2.77. The molecule has 0 amide bonds. The summed E-state index contributed by atoms with van der Waals surface area (Å²) in [6.07, 6.45) is 1.55. The third kappa shape index (κ3) is 1.63. The van der Waals surface area contributed by atoms with E-state index in [-0.39, 0.29) is 16.9 Å². The molecule has 0 heterocycles. The van der Waals surface area contributed by atoms with E-state index in [4.69, 9.17) is 0 Å². The normalized spacial score (nSPS) is 25.9. The summed E-state index contributed by atoms with van der Waals surface area (Å²) >= 11 is 0. The molecule has 1 N–H and O–H groups in total. The average Bonchev–Trinajstić information content (AvgIpc) is 2.42. The topological polar surface area (TPSA) is 20.2 Å². The van der Waals surface area contributed by atoms with Crippen molar-refractivity contribution in [1.82, 2.24) is 0 Å². The Bertz CT molecular complexity index is 224. The minimum Gasteiger partial charge on any atom is -0.392 e. The lowest BCUT2D eigenvalue weighted by Gasteiger charge is -2.13. The van der Waals surface area contributed by atoms with Crippen LogP contribution in [0.4, 0.5) is 0 Å². The summed E-state index contributed by atoms with van der Waals surface area (Å²) < 4.78 is 0. The number of hydrogen-bond acceptors (Lipinski definition) is 1. The Morgan fingerprint density at radius 3 is 2.00 bits per heavy atom. The Labute approximate surface area is 88.2 Å². The molecule has 1 saturated carbocycles. The molecular weight excluding hydrogens is 172 g/mol. The van der Waals surface area contributed by atoms with E-state index in [9.17, 15) is 5.11 Å². The van der Waals surface area contributed by atoms with Crippen molar-refractivity contribution in [2.75, 3.05) is 0 Å². The van der Waals surface area contributed by atoms with Crippen LogP contribution in [-0.4, -0.2) is 11.2 Å². The molecule has 1 unspecified atom stereocenters. The summed E-state index contributed by atoms with van der Waals surface area (Å²) in [6, 6.07) is 0. The number of aliphatic hydroxyl groups is 1. The van der Waals surface area contributed by atoms with E-state index >= 15 is 0 Å². The van der Waals surface area contributed by atoms with Crippen LogP contribution in [0, 0.1) is 16.7 Å². The van der Waals surface area contributed by atoms with Crippen molar-refractivity contribution in [3.05, 3.63) is 12.2 Å². The SMILES string of the molecule is C=C(CC)CC(O)C1C(C)(C)C1(C)C. The highest BCUT2D eigenvalue weighted by Crippen LogP contribution is 2.70. The minimum absolute atomic E-state index is 0.201. The molecule has 0 saturated heterocycles. The molecule has 1 rings (SSSR count). The van der Waals surface area contributed by atoms with Crippen molar-refractivity contribution in [1.29, 1.82) is 0 Å². The molecule has 82 valence electrons. The first-order valence-corrected chi connectivity index (χ1v) is 5.59. The van der Waals surface area contributed by atoms with Crippen LogP contribution in [0.3, 0.4) is 0 Å². The first-order valence-electron chi connectivity index (χ1n) is 5.59. The van der Waals surface area contributed by atoms with E-state index in [2.05, 4.69) is 41.2 Å². The fourth-order valence-electron chi connectivity index (χ4n) is 2.77. The van der Waals surface area contributed by atoms with Gasteiger partial charge in [-0.3, -0.25) is 0 Å². The number of rotatable bonds is 4. The van der Waals surface area contributed by atoms with Crippen molar-refractivity contribution in [3.63, 3.8) is 0 Å². The summed E-state index contributed by atoms with van der Waals surface area (Å²) in [7, 11) is 0. The highest BCUT2D eigenvalue weighted by molar-refractivity contribution is 5.16. The van der Waals surface area contributed by atoms with Gasteiger partial charge in [-0.25, -0.2) is 0 Å². The average molecular weight is 196 g/mol. The molecular formula is C13H24O. The second-order valence-electron chi connectivity index (χ2n) is 5.80. The van der Waals surface area contributed by atoms with Gasteiger partial charge in [-0.15, -0.1) is 0 Å². The number of aliphatic hydroxyl groups excluding tert-OH is 1. The molecule has 0 aromatic heterocycles. The van der Waals surface area contributed by atoms with Gasteiger partial charge in [-0.2, -0.15) is 0 Å². The van der Waals surface area contributed by atoms with Gasteiger partial charge in [0.05, 0.1) is 6.10 Å². The van der Waals surface area contributed by atoms with Crippen LogP contribution in [0.1, 0.15) is 47.5 Å². The van der Waals surface area contributed by atoms with E-state index in [1.807, 2.05) is 0 Å². The van der Waals surface area contributed by atoms with Gasteiger partial charge >= 0.3 is 0 Å². The zero-order chi connectivity index (χ0) is 11.1. The first kappa shape index (κ1) is 11.8. The van der Waals surface area contributed by atoms with Crippen molar-refractivity contribution < 1.29 is 5.11 Å². The van der Waals surface area contributed by atoms with E-state index in [1.54, 1.807) is 0 Å². The Balaban J connectivity index is 2.57. The van der Waals surface area contributed by atoms with E-state index in [0.717, 1.165) is 18.4 Å². The van der Waals surface area contributed by atoms with Crippen molar-refractivity contribution in [2.45, 2.75) is 53.6 Å². The molecule has 0 aromatic carbocycles. The molecule has 1 heteroatoms. The standard InChI is InChI=1S/C13H24O/c1-7-9(2)8-10(14)11-12(3,4)13(11,5)6/h10-11,14H,2,7-8H2,1,3-6H3. The third-order valence-electron chi connectivity index (χ3n) is 4.51. The highest BCUT2D eigenvalue weighted by Gasteiger charge is 2.66. The van der Waals surface area contributed by atoms with Crippen LogP contribution in [0.5, 0.6) is 0 Å². The number of hydrogen-bond donors (Lipinski definition) is 1. The molecule has 1 fully saturated rings. The molecule has 14 heavy (non-hydrogen) atoms. The lowest BCUT2D eigenvalue weighted by Crippen LogP contribution is -2.14. The maximum atomic E-state index is 10.1. The molecule has 0 aromatic rings. The molecule has 1 nitrogen and oxygen atoms in total. The maximum Gasteiger partial charge on any atom is 0.0615 e. The van der Waals surface area contributed by atoms with Crippen LogP contribution < -0.4 is 0 Å². The van der Waals surface area contributed by atoms with Gasteiger partial charge in [0.1, 0.15) is 0 Å². The summed E-state index contributed by atoms with van der Waals surface area (Å²) in [5.41, 5.74) is 1.72. The zero-order valence-electron chi connectivity index (χ0n) is 10.2. The molecule has 1 aliphatic rings. The second-order valence-corrected chi connectivity index (χ2v) is 5.80. The predicted molar refractivity (Wildman–Crippen MR) is 61.1 cm³/mol. The Kier molecular flexibility index (Phi) is 2.84. The van der Waals surface area contributed by atoms with Crippen molar-refractivity contribution in [2.24, 2.45) is 16.7 Å². The van der Waals surface area contributed by atoms with Crippen LogP contribution in [-0.2, 0) is 0 Å². The summed E-state index contributed by atoms with van der Waals surface area (Å²) in [5.74, 6) is 0.429. The van der Waals surface area contributed by atoms with E-state index in [0.29, 0.717) is 5.92 Å². The van der Waals surface area contributed by atoms with Gasteiger partial charge in [0.15, 0.2) is 0 Å². The van der Waals surface area contributed by atoms with Crippen molar-refractivity contribution in [3.8, 4) is 0 Å². The summed E-state index contributed by atoms with van der Waals surface area (Å²) in [6.45, 7) is 15.0. The molecule has 1 aliphatic carbocycles. The Hall–Kier alpha value is -0.300. The van der Waals surface area contributed by atoms with Crippen LogP contribution >= 0.6 is 0 Å². The van der Waals surface area contributed by atoms with Gasteiger partial charge in [0, 0.05) is 0 Å². The van der Waals surface area contributed by atoms with Crippen molar-refractivity contribution >= 4 is 0 Å². The molecule has 0 spiro atoms. The van der Waals surface area contributed by atoms with Crippen LogP contribution in [0.15, 0.2) is 12.2 Å². The lowest BCUT2D eigenvalue weighted by atomic mass is 9.99. The van der Waals surface area contributed by atoms with Gasteiger partial charge in [0.25, 0.3) is 0 Å². The molecule has 1 atom stereocenters. The quantitative estimate of drug-likeness (QED) is 0.683. The lowest BCUT2D eigenvalue weighted by molar-refractivity contribution is 0.129. The molecule has 0 bridgehead atoms. The largest absolute Gasteiger partial charge is 0.392 e. The van der Waals surface area contributed by atoms with Crippen LogP contribution in [0.2, 0.25) is 0 Å². The first-order chi connectivity index (χ1) is 6.25. The van der Waals surface area contributed by atoms with E-state index < -0.39 is 0 Å². The summed E-state index contributed by atoms with van der Waals surface area (Å²) in [4.78, 5) is 0. The highest BCUT2D eigenvalue weighted by atomic mass is 16.3. The zero-order valence-corrected chi connectivity index (χ0v) is 10.2. The van der Waals surface area contributed by atoms with E-state index in [1.165, 1.54) is 0 Å². The fraction of sp³-hybridized carbons (Fsp3) is 0.846. The maximum absolute atomic E-state index is 10.1. The minimum atomic E-state index is -0.201. The molecule has 0 aliphatic heterocycles.